The van der Waals surface area contributed by atoms with Gasteiger partial charge in [-0.3, -0.25) is 14.5 Å². The summed E-state index contributed by atoms with van der Waals surface area (Å²) in [5.74, 6) is -0.586. The lowest BCUT2D eigenvalue weighted by Gasteiger charge is -2.35. The van der Waals surface area contributed by atoms with E-state index in [0.717, 1.165) is 6.42 Å². The average molecular weight is 371 g/mol. The van der Waals surface area contributed by atoms with Crippen LogP contribution in [0.5, 0.6) is 0 Å². The summed E-state index contributed by atoms with van der Waals surface area (Å²) in [5, 5.41) is 9.16. The van der Waals surface area contributed by atoms with E-state index in [-0.39, 0.29) is 29.7 Å². The first-order valence-electron chi connectivity index (χ1n) is 9.28. The van der Waals surface area contributed by atoms with E-state index >= 15 is 0 Å². The van der Waals surface area contributed by atoms with Crippen molar-refractivity contribution in [1.29, 1.82) is 5.26 Å². The van der Waals surface area contributed by atoms with Crippen LogP contribution in [0.25, 0.3) is 0 Å². The molecule has 1 unspecified atom stereocenters. The smallest absolute Gasteiger partial charge is 0.244 e. The molecule has 4 rings (SSSR count). The summed E-state index contributed by atoms with van der Waals surface area (Å²) in [6.07, 6.45) is 2.19. The number of rotatable bonds is 4. The molecule has 27 heavy (non-hydrogen) atoms. The van der Waals surface area contributed by atoms with Crippen LogP contribution in [0.4, 0.5) is 10.1 Å². The summed E-state index contributed by atoms with van der Waals surface area (Å²) in [4.78, 5) is 30.6. The van der Waals surface area contributed by atoms with Crippen LogP contribution in [0.3, 0.4) is 0 Å². The van der Waals surface area contributed by atoms with Gasteiger partial charge in [-0.25, -0.2) is 4.39 Å². The van der Waals surface area contributed by atoms with Crippen LogP contribution in [-0.2, 0) is 9.59 Å². The second-order valence-corrected chi connectivity index (χ2v) is 7.47. The number of hydrogen-bond acceptors (Lipinski definition) is 5. The first-order valence-corrected chi connectivity index (χ1v) is 9.28. The van der Waals surface area contributed by atoms with Crippen LogP contribution in [-0.4, -0.2) is 65.4 Å². The maximum Gasteiger partial charge on any atom is 0.244 e. The minimum Gasteiger partial charge on any atom is -0.325 e. The van der Waals surface area contributed by atoms with E-state index in [2.05, 4.69) is 6.07 Å². The van der Waals surface area contributed by atoms with E-state index in [9.17, 15) is 14.0 Å². The zero-order chi connectivity index (χ0) is 19.1. The second-order valence-electron chi connectivity index (χ2n) is 7.47. The number of halogens is 1. The molecule has 2 amide bonds. The zero-order valence-corrected chi connectivity index (χ0v) is 14.9. The number of benzene rings is 1. The zero-order valence-electron chi connectivity index (χ0n) is 14.9. The molecule has 4 atom stereocenters. The molecule has 3 aliphatic heterocycles. The lowest BCUT2D eigenvalue weighted by atomic mass is 10.2. The van der Waals surface area contributed by atoms with Crippen LogP contribution in [0.2, 0.25) is 0 Å². The van der Waals surface area contributed by atoms with E-state index < -0.39 is 12.1 Å². The summed E-state index contributed by atoms with van der Waals surface area (Å²) >= 11 is 0. The molecule has 3 saturated heterocycles. The SMILES string of the molecule is N#C[C@@H]1CCCN1C(=O)[C@@H](N)CN1CC2C[C@@H]1C(=O)N2c1ccc(F)cc1. The molecule has 0 saturated carbocycles. The molecule has 0 aliphatic carbocycles. The van der Waals surface area contributed by atoms with Crippen molar-refractivity contribution in [1.82, 2.24) is 9.80 Å². The Labute approximate surface area is 157 Å². The van der Waals surface area contributed by atoms with E-state index in [1.807, 2.05) is 4.90 Å². The van der Waals surface area contributed by atoms with E-state index in [0.29, 0.717) is 38.2 Å². The summed E-state index contributed by atoms with van der Waals surface area (Å²) in [6.45, 7) is 1.50. The second kappa shape index (κ2) is 6.91. The fourth-order valence-electron chi connectivity index (χ4n) is 4.51. The first-order chi connectivity index (χ1) is 13.0. The number of anilines is 1. The van der Waals surface area contributed by atoms with E-state index in [4.69, 9.17) is 11.0 Å². The van der Waals surface area contributed by atoms with Crippen molar-refractivity contribution in [3.05, 3.63) is 30.1 Å². The highest BCUT2D eigenvalue weighted by Gasteiger charge is 2.50. The van der Waals surface area contributed by atoms with Crippen LogP contribution in [0.1, 0.15) is 19.3 Å². The van der Waals surface area contributed by atoms with Gasteiger partial charge in [-0.2, -0.15) is 5.26 Å². The fraction of sp³-hybridized carbons (Fsp3) is 0.526. The number of amides is 2. The molecule has 0 spiro atoms. The maximum absolute atomic E-state index is 13.1. The molecule has 8 heteroatoms. The molecule has 3 fully saturated rings. The van der Waals surface area contributed by atoms with Gasteiger partial charge < -0.3 is 15.5 Å². The predicted molar refractivity (Wildman–Crippen MR) is 96.0 cm³/mol. The van der Waals surface area contributed by atoms with Crippen molar-refractivity contribution in [3.63, 3.8) is 0 Å². The summed E-state index contributed by atoms with van der Waals surface area (Å²) in [5.41, 5.74) is 6.82. The Bertz CT molecular complexity index is 792. The molecule has 7 nitrogen and oxygen atoms in total. The normalized spacial score (nSPS) is 28.6. The third kappa shape index (κ3) is 3.07. The predicted octanol–water partition coefficient (Wildman–Crippen LogP) is 0.457. The molecular formula is C19H22FN5O2. The van der Waals surface area contributed by atoms with Gasteiger partial charge in [0.05, 0.1) is 24.2 Å². The van der Waals surface area contributed by atoms with Gasteiger partial charge in [0.1, 0.15) is 11.9 Å². The van der Waals surface area contributed by atoms with E-state index in [1.165, 1.54) is 12.1 Å². The Morgan fingerprint density at radius 2 is 2.11 bits per heavy atom. The van der Waals surface area contributed by atoms with Gasteiger partial charge >= 0.3 is 0 Å². The van der Waals surface area contributed by atoms with Gasteiger partial charge in [0, 0.05) is 25.3 Å². The average Bonchev–Trinajstić information content (AvgIpc) is 3.36. The van der Waals surface area contributed by atoms with Crippen molar-refractivity contribution in [2.24, 2.45) is 5.73 Å². The largest absolute Gasteiger partial charge is 0.325 e. The molecule has 142 valence electrons. The molecule has 3 heterocycles. The third-order valence-corrected chi connectivity index (χ3v) is 5.81. The van der Waals surface area contributed by atoms with Gasteiger partial charge in [-0.05, 0) is 43.5 Å². The third-order valence-electron chi connectivity index (χ3n) is 5.81. The quantitative estimate of drug-likeness (QED) is 0.830. The molecule has 1 aromatic carbocycles. The number of piperazine rings is 1. The van der Waals surface area contributed by atoms with Crippen molar-refractivity contribution < 1.29 is 14.0 Å². The Balaban J connectivity index is 1.40. The minimum absolute atomic E-state index is 0.00825. The number of hydrogen-bond donors (Lipinski definition) is 1. The Hall–Kier alpha value is -2.50. The van der Waals surface area contributed by atoms with Gasteiger partial charge in [0.25, 0.3) is 0 Å². The Morgan fingerprint density at radius 3 is 2.78 bits per heavy atom. The van der Waals surface area contributed by atoms with Crippen molar-refractivity contribution in [2.75, 3.05) is 24.5 Å². The van der Waals surface area contributed by atoms with Crippen molar-refractivity contribution >= 4 is 17.5 Å². The van der Waals surface area contributed by atoms with Gasteiger partial charge in [-0.1, -0.05) is 0 Å². The van der Waals surface area contributed by atoms with Crippen LogP contribution >= 0.6 is 0 Å². The highest BCUT2D eigenvalue weighted by atomic mass is 19.1. The number of likely N-dealkylation sites (tertiary alicyclic amines) is 2. The number of fused-ring (bicyclic) bond motifs is 2. The summed E-state index contributed by atoms with van der Waals surface area (Å²) < 4.78 is 13.1. The lowest BCUT2D eigenvalue weighted by Crippen LogP contribution is -2.56. The topological polar surface area (TPSA) is 93.7 Å². The molecule has 2 N–H and O–H groups in total. The standard InChI is InChI=1S/C19H22FN5O2/c20-12-3-5-13(6-4-12)25-15-8-17(19(25)27)23(10-15)11-16(22)18(26)24-7-1-2-14(24)9-21/h3-6,14-17H,1-2,7-8,10-11,22H2/t14-,15?,16-,17+/m0/s1. The number of nitriles is 1. The van der Waals surface area contributed by atoms with Gasteiger partial charge in [-0.15, -0.1) is 0 Å². The van der Waals surface area contributed by atoms with Crippen LogP contribution < -0.4 is 10.6 Å². The Morgan fingerprint density at radius 1 is 1.37 bits per heavy atom. The van der Waals surface area contributed by atoms with Gasteiger partial charge in [0.2, 0.25) is 11.8 Å². The number of nitrogens with two attached hydrogens (primary N) is 1. The maximum atomic E-state index is 13.1. The molecule has 0 radical (unpaired) electrons. The first kappa shape index (κ1) is 17.9. The van der Waals surface area contributed by atoms with Crippen LogP contribution in [0, 0.1) is 17.1 Å². The molecule has 0 aromatic heterocycles. The monoisotopic (exact) mass is 371 g/mol. The van der Waals surface area contributed by atoms with Gasteiger partial charge in [0.15, 0.2) is 0 Å². The molecule has 1 aromatic rings. The number of carbonyl (C=O) groups excluding carboxylic acids is 2. The summed E-state index contributed by atoms with van der Waals surface area (Å²) in [7, 11) is 0. The highest BCUT2D eigenvalue weighted by molar-refractivity contribution is 6.01. The van der Waals surface area contributed by atoms with Crippen molar-refractivity contribution in [2.45, 2.75) is 43.4 Å². The van der Waals surface area contributed by atoms with Crippen molar-refractivity contribution in [3.8, 4) is 6.07 Å². The highest BCUT2D eigenvalue weighted by Crippen LogP contribution is 2.35. The molecule has 2 bridgehead atoms. The fourth-order valence-corrected chi connectivity index (χ4v) is 4.51. The number of carbonyl (C=O) groups is 2. The number of nitrogens with zero attached hydrogens (tertiary/aromatic N) is 4. The minimum atomic E-state index is -0.745. The molecule has 3 aliphatic rings. The molecular weight excluding hydrogens is 349 g/mol. The Kier molecular flexibility index (Phi) is 4.58. The van der Waals surface area contributed by atoms with E-state index in [1.54, 1.807) is 21.9 Å². The van der Waals surface area contributed by atoms with Crippen LogP contribution in [0.15, 0.2) is 24.3 Å². The lowest BCUT2D eigenvalue weighted by molar-refractivity contribution is -0.134. The summed E-state index contributed by atoms with van der Waals surface area (Å²) in [6, 6.07) is 6.65.